The minimum absolute atomic E-state index is 0.665. The van der Waals surface area contributed by atoms with Crippen molar-refractivity contribution in [1.29, 1.82) is 0 Å². The minimum Gasteiger partial charge on any atom is -0.495 e. The molecular formula is C14H24N2O3. The van der Waals surface area contributed by atoms with Gasteiger partial charge in [-0.1, -0.05) is 6.07 Å². The number of rotatable bonds is 9. The third-order valence-electron chi connectivity index (χ3n) is 2.92. The van der Waals surface area contributed by atoms with E-state index in [1.165, 1.54) is 0 Å². The molecule has 108 valence electrons. The van der Waals surface area contributed by atoms with E-state index in [0.29, 0.717) is 24.7 Å². The molecule has 0 spiro atoms. The molecule has 1 rings (SSSR count). The maximum absolute atomic E-state index is 5.91. The lowest BCUT2D eigenvalue weighted by Crippen LogP contribution is -2.30. The number of anilines is 1. The van der Waals surface area contributed by atoms with E-state index in [9.17, 15) is 0 Å². The van der Waals surface area contributed by atoms with Crippen LogP contribution < -0.4 is 10.5 Å². The average molecular weight is 268 g/mol. The first-order valence-corrected chi connectivity index (χ1v) is 6.34. The largest absolute Gasteiger partial charge is 0.495 e. The molecule has 0 atom stereocenters. The summed E-state index contributed by atoms with van der Waals surface area (Å²) in [6.45, 7) is 3.96. The van der Waals surface area contributed by atoms with Crippen molar-refractivity contribution < 1.29 is 14.2 Å². The van der Waals surface area contributed by atoms with Crippen molar-refractivity contribution in [3.05, 3.63) is 23.8 Å². The second-order valence-corrected chi connectivity index (χ2v) is 4.34. The highest BCUT2D eigenvalue weighted by atomic mass is 16.5. The van der Waals surface area contributed by atoms with Crippen LogP contribution in [0.25, 0.3) is 0 Å². The number of ether oxygens (including phenoxy) is 3. The van der Waals surface area contributed by atoms with Crippen LogP contribution in [0.2, 0.25) is 0 Å². The molecule has 0 saturated carbocycles. The van der Waals surface area contributed by atoms with E-state index in [2.05, 4.69) is 4.90 Å². The molecule has 0 aromatic heterocycles. The van der Waals surface area contributed by atoms with Gasteiger partial charge in [-0.3, -0.25) is 4.90 Å². The predicted octanol–water partition coefficient (Wildman–Crippen LogP) is 1.37. The van der Waals surface area contributed by atoms with Crippen LogP contribution in [0.15, 0.2) is 18.2 Å². The molecule has 0 unspecified atom stereocenters. The summed E-state index contributed by atoms with van der Waals surface area (Å²) in [5.74, 6) is 0.712. The van der Waals surface area contributed by atoms with Gasteiger partial charge in [0.05, 0.1) is 26.0 Å². The third kappa shape index (κ3) is 5.46. The van der Waals surface area contributed by atoms with Crippen LogP contribution >= 0.6 is 0 Å². The molecule has 1 aromatic carbocycles. The van der Waals surface area contributed by atoms with Gasteiger partial charge >= 0.3 is 0 Å². The first-order valence-electron chi connectivity index (χ1n) is 6.34. The first kappa shape index (κ1) is 15.8. The Morgan fingerprint density at radius 1 is 1.05 bits per heavy atom. The predicted molar refractivity (Wildman–Crippen MR) is 76.4 cm³/mol. The monoisotopic (exact) mass is 268 g/mol. The van der Waals surface area contributed by atoms with Gasteiger partial charge in [-0.25, -0.2) is 0 Å². The SMILES string of the molecule is COCCN(CCOC)Cc1ccc(OC)c(N)c1. The van der Waals surface area contributed by atoms with Crippen molar-refractivity contribution in [3.63, 3.8) is 0 Å². The molecule has 2 N–H and O–H groups in total. The fraction of sp³-hybridized carbons (Fsp3) is 0.571. The van der Waals surface area contributed by atoms with Gasteiger partial charge in [-0.05, 0) is 17.7 Å². The number of nitrogens with two attached hydrogens (primary N) is 1. The van der Waals surface area contributed by atoms with Gasteiger partial charge in [0, 0.05) is 33.9 Å². The van der Waals surface area contributed by atoms with Crippen LogP contribution in [-0.4, -0.2) is 52.5 Å². The molecule has 0 aliphatic rings. The molecule has 5 nitrogen and oxygen atoms in total. The third-order valence-corrected chi connectivity index (χ3v) is 2.92. The van der Waals surface area contributed by atoms with Crippen molar-refractivity contribution in [3.8, 4) is 5.75 Å². The molecule has 0 saturated heterocycles. The second-order valence-electron chi connectivity index (χ2n) is 4.34. The van der Waals surface area contributed by atoms with Gasteiger partial charge in [0.1, 0.15) is 5.75 Å². The van der Waals surface area contributed by atoms with Gasteiger partial charge in [-0.15, -0.1) is 0 Å². The van der Waals surface area contributed by atoms with Crippen LogP contribution in [0.4, 0.5) is 5.69 Å². The standard InChI is InChI=1S/C14H24N2O3/c1-17-8-6-16(7-9-18-2)11-12-4-5-14(19-3)13(15)10-12/h4-5,10H,6-9,11,15H2,1-3H3. The Morgan fingerprint density at radius 2 is 1.68 bits per heavy atom. The van der Waals surface area contributed by atoms with E-state index in [4.69, 9.17) is 19.9 Å². The van der Waals surface area contributed by atoms with E-state index in [1.54, 1.807) is 21.3 Å². The van der Waals surface area contributed by atoms with Gasteiger partial charge in [0.25, 0.3) is 0 Å². The van der Waals surface area contributed by atoms with Gasteiger partial charge in [0.15, 0.2) is 0 Å². The Labute approximate surface area is 115 Å². The highest BCUT2D eigenvalue weighted by Gasteiger charge is 2.07. The molecule has 19 heavy (non-hydrogen) atoms. The normalized spacial score (nSPS) is 10.9. The Bertz CT molecular complexity index is 364. The summed E-state index contributed by atoms with van der Waals surface area (Å²) in [6.07, 6.45) is 0. The number of nitrogens with zero attached hydrogens (tertiary/aromatic N) is 1. The highest BCUT2D eigenvalue weighted by Crippen LogP contribution is 2.22. The number of hydrogen-bond acceptors (Lipinski definition) is 5. The first-order chi connectivity index (χ1) is 9.21. The minimum atomic E-state index is 0.665. The molecule has 0 aliphatic carbocycles. The molecule has 0 aliphatic heterocycles. The zero-order valence-corrected chi connectivity index (χ0v) is 12.0. The zero-order chi connectivity index (χ0) is 14.1. The fourth-order valence-corrected chi connectivity index (χ4v) is 1.85. The summed E-state index contributed by atoms with van der Waals surface area (Å²) < 4.78 is 15.4. The summed E-state index contributed by atoms with van der Waals surface area (Å²) in [6, 6.07) is 5.88. The lowest BCUT2D eigenvalue weighted by Gasteiger charge is -2.22. The van der Waals surface area contributed by atoms with Crippen LogP contribution in [0.3, 0.4) is 0 Å². The molecule has 1 aromatic rings. The Balaban J connectivity index is 2.63. The summed E-state index contributed by atoms with van der Waals surface area (Å²) in [4.78, 5) is 2.27. The topological polar surface area (TPSA) is 57.0 Å². The fourth-order valence-electron chi connectivity index (χ4n) is 1.85. The van der Waals surface area contributed by atoms with Crippen LogP contribution in [0.5, 0.6) is 5.75 Å². The van der Waals surface area contributed by atoms with Gasteiger partial charge < -0.3 is 19.9 Å². The summed E-state index contributed by atoms with van der Waals surface area (Å²) >= 11 is 0. The van der Waals surface area contributed by atoms with Crippen LogP contribution in [0.1, 0.15) is 5.56 Å². The Morgan fingerprint density at radius 3 is 2.16 bits per heavy atom. The van der Waals surface area contributed by atoms with E-state index in [0.717, 1.165) is 25.2 Å². The van der Waals surface area contributed by atoms with E-state index in [1.807, 2.05) is 18.2 Å². The number of methoxy groups -OCH3 is 3. The van der Waals surface area contributed by atoms with E-state index in [-0.39, 0.29) is 0 Å². The zero-order valence-electron chi connectivity index (χ0n) is 12.0. The van der Waals surface area contributed by atoms with Crippen molar-refractivity contribution in [2.75, 3.05) is 53.4 Å². The van der Waals surface area contributed by atoms with Crippen LogP contribution in [0, 0.1) is 0 Å². The molecular weight excluding hydrogens is 244 g/mol. The maximum Gasteiger partial charge on any atom is 0.141 e. The molecule has 0 heterocycles. The number of nitrogen functional groups attached to an aromatic ring is 1. The van der Waals surface area contributed by atoms with Crippen molar-refractivity contribution >= 4 is 5.69 Å². The smallest absolute Gasteiger partial charge is 0.141 e. The van der Waals surface area contributed by atoms with Crippen molar-refractivity contribution in [2.24, 2.45) is 0 Å². The quantitative estimate of drug-likeness (QED) is 0.686. The molecule has 0 radical (unpaired) electrons. The Kier molecular flexibility index (Phi) is 7.25. The second kappa shape index (κ2) is 8.74. The van der Waals surface area contributed by atoms with Gasteiger partial charge in [0.2, 0.25) is 0 Å². The average Bonchev–Trinajstić information content (AvgIpc) is 2.42. The lowest BCUT2D eigenvalue weighted by molar-refractivity contribution is 0.110. The summed E-state index contributed by atoms with van der Waals surface area (Å²) in [5.41, 5.74) is 7.74. The summed E-state index contributed by atoms with van der Waals surface area (Å²) in [5, 5.41) is 0. The highest BCUT2D eigenvalue weighted by molar-refractivity contribution is 5.54. The molecule has 5 heteroatoms. The van der Waals surface area contributed by atoms with Crippen molar-refractivity contribution in [1.82, 2.24) is 4.90 Å². The van der Waals surface area contributed by atoms with Crippen LogP contribution in [-0.2, 0) is 16.0 Å². The van der Waals surface area contributed by atoms with Crippen molar-refractivity contribution in [2.45, 2.75) is 6.54 Å². The molecule has 0 amide bonds. The lowest BCUT2D eigenvalue weighted by atomic mass is 10.1. The number of benzene rings is 1. The maximum atomic E-state index is 5.91. The molecule has 0 fully saturated rings. The Hall–Kier alpha value is -1.30. The number of hydrogen-bond donors (Lipinski definition) is 1. The summed E-state index contributed by atoms with van der Waals surface area (Å²) in [7, 11) is 5.04. The van der Waals surface area contributed by atoms with Gasteiger partial charge in [-0.2, -0.15) is 0 Å². The van der Waals surface area contributed by atoms with E-state index < -0.39 is 0 Å². The molecule has 0 bridgehead atoms. The van der Waals surface area contributed by atoms with E-state index >= 15 is 0 Å².